The lowest BCUT2D eigenvalue weighted by Crippen LogP contribution is -2.28. The Morgan fingerprint density at radius 1 is 0.486 bits per heavy atom. The van der Waals surface area contributed by atoms with Crippen LogP contribution in [0.5, 0.6) is 0 Å². The van der Waals surface area contributed by atoms with Gasteiger partial charge in [0, 0.05) is 33.7 Å². The quantitative estimate of drug-likeness (QED) is 0.121. The number of rotatable bonds is 11. The molecule has 334 valence electrons. The monoisotopic (exact) mass is 898 g/mol. The minimum absolute atomic E-state index is 0.460. The fourth-order valence-electron chi connectivity index (χ4n) is 11.2. The maximum Gasteiger partial charge on any atom is 0.152 e. The molecule has 70 heavy (non-hydrogen) atoms. The SMILES string of the molecule is C/C=C\c1c(C=O)c2cc(C3=CC=C(N(c4ccc(-c5ccccc5)cc4)c4ccc(-c5ccc6c(c5)C(c5ccccc5)(c5ccccc5)c5ccccc5-6)cc4)CC3)ccc2n1-c1ccccc1. The number of aldehydes is 1. The molecule has 0 atom stereocenters. The van der Waals surface area contributed by atoms with E-state index in [4.69, 9.17) is 0 Å². The Labute approximate surface area is 410 Å². The van der Waals surface area contributed by atoms with E-state index in [0.29, 0.717) is 5.56 Å². The van der Waals surface area contributed by atoms with E-state index in [1.54, 1.807) is 0 Å². The van der Waals surface area contributed by atoms with Crippen molar-refractivity contribution in [1.82, 2.24) is 4.57 Å². The molecule has 10 aromatic rings. The molecule has 0 fully saturated rings. The number of nitrogens with zero attached hydrogens (tertiary/aromatic N) is 2. The third-order valence-corrected chi connectivity index (χ3v) is 14.4. The molecule has 0 saturated heterocycles. The van der Waals surface area contributed by atoms with E-state index in [1.807, 2.05) is 37.3 Å². The molecule has 0 amide bonds. The smallest absolute Gasteiger partial charge is 0.152 e. The second kappa shape index (κ2) is 18.0. The molecule has 9 aromatic carbocycles. The van der Waals surface area contributed by atoms with Crippen LogP contribution in [0.15, 0.2) is 254 Å². The second-order valence-corrected chi connectivity index (χ2v) is 18.3. The van der Waals surface area contributed by atoms with E-state index < -0.39 is 5.41 Å². The highest BCUT2D eigenvalue weighted by Gasteiger charge is 2.46. The fraction of sp³-hybridized carbons (Fsp3) is 0.0597. The van der Waals surface area contributed by atoms with Crippen LogP contribution in [0.2, 0.25) is 0 Å². The lowest BCUT2D eigenvalue weighted by atomic mass is 9.67. The normalized spacial score (nSPS) is 13.7. The highest BCUT2D eigenvalue weighted by Crippen LogP contribution is 2.56. The molecule has 0 bridgehead atoms. The van der Waals surface area contributed by atoms with Crippen molar-refractivity contribution in [3.63, 3.8) is 0 Å². The number of hydrogen-bond donors (Lipinski definition) is 0. The summed E-state index contributed by atoms with van der Waals surface area (Å²) in [5, 5.41) is 0.957. The Hall–Kier alpha value is -8.79. The van der Waals surface area contributed by atoms with Gasteiger partial charge < -0.3 is 9.47 Å². The molecule has 0 N–H and O–H groups in total. The van der Waals surface area contributed by atoms with Crippen LogP contribution in [0.4, 0.5) is 11.4 Å². The van der Waals surface area contributed by atoms with Gasteiger partial charge in [0.05, 0.1) is 16.6 Å². The first-order valence-corrected chi connectivity index (χ1v) is 24.3. The lowest BCUT2D eigenvalue weighted by molar-refractivity contribution is 0.112. The Kier molecular flexibility index (Phi) is 11.0. The van der Waals surface area contributed by atoms with Crippen LogP contribution in [-0.2, 0) is 5.41 Å². The van der Waals surface area contributed by atoms with Gasteiger partial charge in [-0.3, -0.25) is 4.79 Å². The predicted octanol–water partition coefficient (Wildman–Crippen LogP) is 17.1. The molecule has 0 unspecified atom stereocenters. The first-order valence-electron chi connectivity index (χ1n) is 24.3. The maximum atomic E-state index is 12.8. The van der Waals surface area contributed by atoms with Gasteiger partial charge >= 0.3 is 0 Å². The number of benzene rings is 9. The Bertz CT molecular complexity index is 3600. The number of para-hydroxylation sites is 1. The van der Waals surface area contributed by atoms with Crippen LogP contribution in [0.25, 0.3) is 61.6 Å². The summed E-state index contributed by atoms with van der Waals surface area (Å²) in [4.78, 5) is 15.2. The fourth-order valence-corrected chi connectivity index (χ4v) is 11.2. The third kappa shape index (κ3) is 7.18. The summed E-state index contributed by atoms with van der Waals surface area (Å²) in [6.45, 7) is 1.99. The average Bonchev–Trinajstić information content (AvgIpc) is 3.91. The zero-order valence-corrected chi connectivity index (χ0v) is 39.0. The number of anilines is 2. The highest BCUT2D eigenvalue weighted by atomic mass is 16.1. The number of aromatic nitrogens is 1. The molecule has 12 rings (SSSR count). The van der Waals surface area contributed by atoms with Crippen LogP contribution < -0.4 is 4.90 Å². The van der Waals surface area contributed by atoms with Gasteiger partial charge in [-0.2, -0.15) is 0 Å². The summed E-state index contributed by atoms with van der Waals surface area (Å²) in [5.74, 6) is 0. The van der Waals surface area contributed by atoms with Crippen LogP contribution in [-0.4, -0.2) is 10.9 Å². The minimum Gasteiger partial charge on any atom is -0.314 e. The lowest BCUT2D eigenvalue weighted by Gasteiger charge is -2.34. The number of carbonyl (C=O) groups excluding carboxylic acids is 1. The standard InChI is InChI=1S/C67H50N2O/c1-2-17-65-62(46-70)61-44-51(35-43-66(61)69(65)55-24-13-6-14-25-55)49-30-38-57(39-31-49)68(56-36-28-48(29-37-56)47-18-7-3-8-19-47)58-40-32-50(33-41-58)52-34-42-60-59-26-15-16-27-63(59)67(64(60)45-52,53-20-9-4-10-21-53)54-22-11-5-12-23-54/h2-30,32-38,40-46H,31,39H2,1H3/b17-2-. The van der Waals surface area contributed by atoms with Crippen molar-refractivity contribution in [1.29, 1.82) is 0 Å². The third-order valence-electron chi connectivity index (χ3n) is 14.4. The van der Waals surface area contributed by atoms with Gasteiger partial charge in [-0.15, -0.1) is 0 Å². The summed E-state index contributed by atoms with van der Waals surface area (Å²) in [6.07, 6.45) is 11.3. The molecular formula is C67H50N2O. The summed E-state index contributed by atoms with van der Waals surface area (Å²) in [7, 11) is 0. The Balaban J connectivity index is 0.932. The van der Waals surface area contributed by atoms with E-state index in [-0.39, 0.29) is 0 Å². The van der Waals surface area contributed by atoms with Crippen LogP contribution in [0, 0.1) is 0 Å². The van der Waals surface area contributed by atoms with E-state index in [0.717, 1.165) is 58.4 Å². The summed E-state index contributed by atoms with van der Waals surface area (Å²) < 4.78 is 2.19. The molecule has 3 nitrogen and oxygen atoms in total. The molecule has 3 heteroatoms. The average molecular weight is 899 g/mol. The number of allylic oxidation sites excluding steroid dienone is 5. The molecule has 0 aliphatic heterocycles. The molecular weight excluding hydrogens is 849 g/mol. The van der Waals surface area contributed by atoms with Crippen molar-refractivity contribution >= 4 is 40.2 Å². The molecule has 0 radical (unpaired) electrons. The first kappa shape index (κ1) is 42.6. The maximum absolute atomic E-state index is 12.8. The summed E-state index contributed by atoms with van der Waals surface area (Å²) in [6, 6.07) is 83.5. The Morgan fingerprint density at radius 3 is 1.64 bits per heavy atom. The molecule has 1 aromatic heterocycles. The highest BCUT2D eigenvalue weighted by molar-refractivity contribution is 6.04. The predicted molar refractivity (Wildman–Crippen MR) is 292 cm³/mol. The molecule has 0 spiro atoms. The minimum atomic E-state index is -0.460. The van der Waals surface area contributed by atoms with Gasteiger partial charge in [0.2, 0.25) is 0 Å². The molecule has 2 aliphatic rings. The molecule has 1 heterocycles. The number of hydrogen-bond acceptors (Lipinski definition) is 2. The van der Waals surface area contributed by atoms with Crippen LogP contribution >= 0.6 is 0 Å². The first-order chi connectivity index (χ1) is 34.6. The van der Waals surface area contributed by atoms with Crippen molar-refractivity contribution in [2.45, 2.75) is 25.2 Å². The van der Waals surface area contributed by atoms with Crippen molar-refractivity contribution in [3.8, 4) is 39.1 Å². The van der Waals surface area contributed by atoms with E-state index in [9.17, 15) is 4.79 Å². The molecule has 2 aliphatic carbocycles. The van der Waals surface area contributed by atoms with Gasteiger partial charge in [-0.1, -0.05) is 188 Å². The number of carbonyl (C=O) groups is 1. The van der Waals surface area contributed by atoms with Gasteiger partial charge in [0.15, 0.2) is 6.29 Å². The van der Waals surface area contributed by atoms with Gasteiger partial charge in [-0.25, -0.2) is 0 Å². The van der Waals surface area contributed by atoms with Crippen LogP contribution in [0.3, 0.4) is 0 Å². The summed E-state index contributed by atoms with van der Waals surface area (Å²) >= 11 is 0. The zero-order valence-electron chi connectivity index (χ0n) is 39.0. The topological polar surface area (TPSA) is 25.2 Å². The van der Waals surface area contributed by atoms with Crippen molar-refractivity contribution in [3.05, 3.63) is 294 Å². The second-order valence-electron chi connectivity index (χ2n) is 18.3. The van der Waals surface area contributed by atoms with E-state index in [1.165, 1.54) is 66.9 Å². The van der Waals surface area contributed by atoms with Crippen LogP contribution in [0.1, 0.15) is 63.6 Å². The van der Waals surface area contributed by atoms with Gasteiger partial charge in [0.25, 0.3) is 0 Å². The number of fused-ring (bicyclic) bond motifs is 4. The van der Waals surface area contributed by atoms with Crippen molar-refractivity contribution in [2.24, 2.45) is 0 Å². The van der Waals surface area contributed by atoms with E-state index in [2.05, 4.69) is 234 Å². The van der Waals surface area contributed by atoms with E-state index >= 15 is 0 Å². The van der Waals surface area contributed by atoms with Gasteiger partial charge in [0.1, 0.15) is 0 Å². The largest absolute Gasteiger partial charge is 0.314 e. The molecule has 0 saturated carbocycles. The van der Waals surface area contributed by atoms with Gasteiger partial charge in [-0.05, 0) is 153 Å². The zero-order chi connectivity index (χ0) is 47.0. The van der Waals surface area contributed by atoms with Crippen molar-refractivity contribution in [2.75, 3.05) is 4.90 Å². The van der Waals surface area contributed by atoms with Crippen molar-refractivity contribution < 1.29 is 4.79 Å². The summed E-state index contributed by atoms with van der Waals surface area (Å²) in [5.41, 5.74) is 21.4. The Morgan fingerprint density at radius 2 is 1.03 bits per heavy atom.